The van der Waals surface area contributed by atoms with Gasteiger partial charge in [0.05, 0.1) is 19.8 Å². The maximum Gasteiger partial charge on any atom is 0.0594 e. The zero-order chi connectivity index (χ0) is 13.3. The fourth-order valence-corrected chi connectivity index (χ4v) is 2.96. The second-order valence-electron chi connectivity index (χ2n) is 5.48. The van der Waals surface area contributed by atoms with Crippen LogP contribution in [0, 0.1) is 0 Å². The van der Waals surface area contributed by atoms with Crippen LogP contribution in [0.5, 0.6) is 0 Å². The fraction of sp³-hybridized carbons (Fsp3) is 1.00. The van der Waals surface area contributed by atoms with E-state index in [2.05, 4.69) is 15.1 Å². The van der Waals surface area contributed by atoms with Gasteiger partial charge in [0.25, 0.3) is 0 Å². The van der Waals surface area contributed by atoms with Crippen molar-refractivity contribution in [1.29, 1.82) is 0 Å². The lowest BCUT2D eigenvalue weighted by molar-refractivity contribution is 0.0327. The van der Waals surface area contributed by atoms with Crippen LogP contribution in [0.15, 0.2) is 0 Å². The molecule has 1 unspecified atom stereocenters. The van der Waals surface area contributed by atoms with Crippen molar-refractivity contribution in [2.24, 2.45) is 0 Å². The Hall–Kier alpha value is -0.200. The largest absolute Gasteiger partial charge is 0.383 e. The molecule has 1 atom stereocenters. The Kier molecular flexibility index (Phi) is 7.09. The van der Waals surface area contributed by atoms with Gasteiger partial charge in [0.1, 0.15) is 0 Å². The quantitative estimate of drug-likeness (QED) is 0.630. The molecule has 0 amide bonds. The molecule has 0 spiro atoms. The van der Waals surface area contributed by atoms with Gasteiger partial charge in [-0.25, -0.2) is 0 Å². The molecule has 19 heavy (non-hydrogen) atoms. The third kappa shape index (κ3) is 5.36. The summed E-state index contributed by atoms with van der Waals surface area (Å²) in [6, 6.07) is 0.720. The van der Waals surface area contributed by atoms with Crippen LogP contribution in [0.1, 0.15) is 12.8 Å². The summed E-state index contributed by atoms with van der Waals surface area (Å²) in [6.07, 6.45) is 2.68. The van der Waals surface area contributed by atoms with Crippen molar-refractivity contribution in [2.75, 3.05) is 72.7 Å². The van der Waals surface area contributed by atoms with Gasteiger partial charge in [0, 0.05) is 52.4 Å². The monoisotopic (exact) mass is 271 g/mol. The van der Waals surface area contributed by atoms with Crippen LogP contribution in [0.4, 0.5) is 0 Å². The van der Waals surface area contributed by atoms with Crippen LogP contribution in [-0.2, 0) is 9.47 Å². The molecular formula is C14H29N3O2. The number of nitrogens with one attached hydrogen (secondary N) is 1. The van der Waals surface area contributed by atoms with Crippen molar-refractivity contribution in [3.63, 3.8) is 0 Å². The average molecular weight is 271 g/mol. The summed E-state index contributed by atoms with van der Waals surface area (Å²) in [5.41, 5.74) is 0. The van der Waals surface area contributed by atoms with Crippen LogP contribution < -0.4 is 5.32 Å². The maximum atomic E-state index is 5.39. The first-order chi connectivity index (χ1) is 9.40. The lowest BCUT2D eigenvalue weighted by atomic mass is 10.2. The van der Waals surface area contributed by atoms with E-state index in [4.69, 9.17) is 9.47 Å². The van der Waals surface area contributed by atoms with Crippen molar-refractivity contribution >= 4 is 0 Å². The molecule has 2 rings (SSSR count). The molecule has 112 valence electrons. The van der Waals surface area contributed by atoms with Crippen LogP contribution in [-0.4, -0.2) is 88.6 Å². The van der Waals surface area contributed by atoms with E-state index in [-0.39, 0.29) is 0 Å². The number of morpholine rings is 1. The van der Waals surface area contributed by atoms with E-state index in [1.165, 1.54) is 32.5 Å². The first-order valence-electron chi connectivity index (χ1n) is 7.64. The first kappa shape index (κ1) is 15.2. The molecule has 0 aromatic heterocycles. The summed E-state index contributed by atoms with van der Waals surface area (Å²) in [4.78, 5) is 5.17. The van der Waals surface area contributed by atoms with Crippen molar-refractivity contribution in [3.05, 3.63) is 0 Å². The molecular weight excluding hydrogens is 242 g/mol. The highest BCUT2D eigenvalue weighted by atomic mass is 16.5. The smallest absolute Gasteiger partial charge is 0.0594 e. The van der Waals surface area contributed by atoms with E-state index in [0.29, 0.717) is 0 Å². The fourth-order valence-electron chi connectivity index (χ4n) is 2.96. The summed E-state index contributed by atoms with van der Waals surface area (Å²) >= 11 is 0. The van der Waals surface area contributed by atoms with E-state index < -0.39 is 0 Å². The van der Waals surface area contributed by atoms with Gasteiger partial charge in [-0.1, -0.05) is 0 Å². The minimum Gasteiger partial charge on any atom is -0.383 e. The van der Waals surface area contributed by atoms with E-state index in [9.17, 15) is 0 Å². The molecule has 5 heteroatoms. The standard InChI is InChI=1S/C14H29N3O2/c1-18-10-4-15-13-14-3-2-5-17(14)7-6-16-8-11-19-12-9-16/h14-15H,2-13H2,1H3. The van der Waals surface area contributed by atoms with Crippen molar-refractivity contribution in [3.8, 4) is 0 Å². The van der Waals surface area contributed by atoms with Gasteiger partial charge in [-0.15, -0.1) is 0 Å². The minimum absolute atomic E-state index is 0.720. The molecule has 2 aliphatic heterocycles. The second-order valence-corrected chi connectivity index (χ2v) is 5.48. The first-order valence-corrected chi connectivity index (χ1v) is 7.64. The predicted octanol–water partition coefficient (Wildman–Crippen LogP) is 0.0190. The molecule has 2 aliphatic rings. The van der Waals surface area contributed by atoms with Gasteiger partial charge in [-0.3, -0.25) is 9.80 Å². The summed E-state index contributed by atoms with van der Waals surface area (Å²) < 4.78 is 10.5. The van der Waals surface area contributed by atoms with Crippen molar-refractivity contribution in [1.82, 2.24) is 15.1 Å². The van der Waals surface area contributed by atoms with Gasteiger partial charge in [0.2, 0.25) is 0 Å². The molecule has 0 aromatic carbocycles. The Morgan fingerprint density at radius 2 is 2.05 bits per heavy atom. The molecule has 0 bridgehead atoms. The van der Waals surface area contributed by atoms with E-state index >= 15 is 0 Å². The lowest BCUT2D eigenvalue weighted by Crippen LogP contribution is -2.45. The van der Waals surface area contributed by atoms with E-state index in [0.717, 1.165) is 52.0 Å². The number of hydrogen-bond donors (Lipinski definition) is 1. The van der Waals surface area contributed by atoms with E-state index in [1.54, 1.807) is 7.11 Å². The number of likely N-dealkylation sites (tertiary alicyclic amines) is 1. The van der Waals surface area contributed by atoms with Crippen LogP contribution >= 0.6 is 0 Å². The lowest BCUT2D eigenvalue weighted by Gasteiger charge is -2.31. The van der Waals surface area contributed by atoms with Crippen molar-refractivity contribution < 1.29 is 9.47 Å². The Morgan fingerprint density at radius 3 is 2.84 bits per heavy atom. The third-order valence-electron chi connectivity index (χ3n) is 4.17. The molecule has 2 saturated heterocycles. The van der Waals surface area contributed by atoms with Gasteiger partial charge in [0.15, 0.2) is 0 Å². The molecule has 1 N–H and O–H groups in total. The molecule has 2 heterocycles. The number of rotatable bonds is 8. The van der Waals surface area contributed by atoms with E-state index in [1.807, 2.05) is 0 Å². The molecule has 5 nitrogen and oxygen atoms in total. The zero-order valence-electron chi connectivity index (χ0n) is 12.3. The normalized spacial score (nSPS) is 26.1. The maximum absolute atomic E-state index is 5.39. The summed E-state index contributed by atoms with van der Waals surface area (Å²) in [6.45, 7) is 10.5. The Morgan fingerprint density at radius 1 is 1.21 bits per heavy atom. The molecule has 0 saturated carbocycles. The molecule has 0 aromatic rings. The number of ether oxygens (including phenoxy) is 2. The van der Waals surface area contributed by atoms with Crippen LogP contribution in [0.3, 0.4) is 0 Å². The van der Waals surface area contributed by atoms with Gasteiger partial charge >= 0.3 is 0 Å². The average Bonchev–Trinajstić information content (AvgIpc) is 2.90. The molecule has 0 radical (unpaired) electrons. The summed E-state index contributed by atoms with van der Waals surface area (Å²) in [5, 5.41) is 3.50. The molecule has 2 fully saturated rings. The van der Waals surface area contributed by atoms with Gasteiger partial charge < -0.3 is 14.8 Å². The number of hydrogen-bond acceptors (Lipinski definition) is 5. The van der Waals surface area contributed by atoms with Crippen LogP contribution in [0.25, 0.3) is 0 Å². The topological polar surface area (TPSA) is 37.0 Å². The number of methoxy groups -OCH3 is 1. The second kappa shape index (κ2) is 8.87. The highest BCUT2D eigenvalue weighted by molar-refractivity contribution is 4.81. The predicted molar refractivity (Wildman–Crippen MR) is 76.6 cm³/mol. The number of nitrogens with zero attached hydrogens (tertiary/aromatic N) is 2. The third-order valence-corrected chi connectivity index (χ3v) is 4.17. The van der Waals surface area contributed by atoms with Crippen LogP contribution in [0.2, 0.25) is 0 Å². The van der Waals surface area contributed by atoms with Gasteiger partial charge in [-0.2, -0.15) is 0 Å². The van der Waals surface area contributed by atoms with Crippen molar-refractivity contribution in [2.45, 2.75) is 18.9 Å². The Balaban J connectivity index is 1.60. The Bertz CT molecular complexity index is 235. The summed E-state index contributed by atoms with van der Waals surface area (Å²) in [7, 11) is 1.76. The van der Waals surface area contributed by atoms with Gasteiger partial charge in [-0.05, 0) is 19.4 Å². The minimum atomic E-state index is 0.720. The zero-order valence-corrected chi connectivity index (χ0v) is 12.3. The SMILES string of the molecule is COCCNCC1CCCN1CCN1CCOCC1. The highest BCUT2D eigenvalue weighted by Crippen LogP contribution is 2.16. The highest BCUT2D eigenvalue weighted by Gasteiger charge is 2.24. The molecule has 0 aliphatic carbocycles. The summed E-state index contributed by atoms with van der Waals surface area (Å²) in [5.74, 6) is 0. The Labute approximate surface area is 117 Å².